The van der Waals surface area contributed by atoms with E-state index in [1.807, 2.05) is 0 Å². The van der Waals surface area contributed by atoms with E-state index >= 15 is 0 Å². The number of carbonyl (C=O) groups is 1. The lowest BCUT2D eigenvalue weighted by Crippen LogP contribution is -2.57. The molecule has 2 heterocycles. The van der Waals surface area contributed by atoms with Gasteiger partial charge in [-0.1, -0.05) is 18.2 Å². The summed E-state index contributed by atoms with van der Waals surface area (Å²) in [6.45, 7) is 7.29. The third-order valence-electron chi connectivity index (χ3n) is 4.23. The zero-order valence-electron chi connectivity index (χ0n) is 15.9. The number of sulfonamides is 1. The molecule has 150 valence electrons. The Morgan fingerprint density at radius 2 is 2.04 bits per heavy atom. The van der Waals surface area contributed by atoms with Crippen molar-refractivity contribution in [3.63, 3.8) is 0 Å². The van der Waals surface area contributed by atoms with E-state index in [4.69, 9.17) is 19.2 Å². The topological polar surface area (TPSA) is 91.4 Å². The summed E-state index contributed by atoms with van der Waals surface area (Å²) in [5.41, 5.74) is -2.74. The minimum absolute atomic E-state index is 0.0222. The Morgan fingerprint density at radius 3 is 2.63 bits per heavy atom. The van der Waals surface area contributed by atoms with Gasteiger partial charge < -0.3 is 9.47 Å². The van der Waals surface area contributed by atoms with Crippen molar-refractivity contribution >= 4 is 16.0 Å². The van der Waals surface area contributed by atoms with Crippen molar-refractivity contribution in [3.05, 3.63) is 29.8 Å². The van der Waals surface area contributed by atoms with E-state index in [0.717, 1.165) is 4.31 Å². The minimum Gasteiger partial charge on any atom is -0.462 e. The first-order valence-electron chi connectivity index (χ1n) is 8.94. The van der Waals surface area contributed by atoms with Gasteiger partial charge in [-0.25, -0.2) is 18.1 Å². The predicted octanol–water partition coefficient (Wildman–Crippen LogP) is 2.29. The maximum absolute atomic E-state index is 13.3. The van der Waals surface area contributed by atoms with Crippen LogP contribution in [0, 0.1) is 0 Å². The number of rotatable bonds is 5. The van der Waals surface area contributed by atoms with Crippen molar-refractivity contribution in [2.24, 2.45) is 0 Å². The third-order valence-corrected chi connectivity index (χ3v) is 6.15. The molecular formula is C18H25NO7S. The number of ether oxygens (including phenoxy) is 2. The van der Waals surface area contributed by atoms with Crippen LogP contribution in [0.25, 0.3) is 0 Å². The molecule has 2 atom stereocenters. The van der Waals surface area contributed by atoms with Crippen LogP contribution in [-0.2, 0) is 39.8 Å². The molecule has 0 saturated carbocycles. The zero-order chi connectivity index (χ0) is 19.9. The second-order valence-electron chi connectivity index (χ2n) is 7.41. The van der Waals surface area contributed by atoms with Crippen LogP contribution in [0.1, 0.15) is 46.1 Å². The molecule has 0 aliphatic carbocycles. The van der Waals surface area contributed by atoms with Gasteiger partial charge in [-0.05, 0) is 46.6 Å². The molecule has 1 aromatic carbocycles. The fraction of sp³-hybridized carbons (Fsp3) is 0.611. The van der Waals surface area contributed by atoms with Gasteiger partial charge in [0.2, 0.25) is 10.0 Å². The maximum atomic E-state index is 13.3. The van der Waals surface area contributed by atoms with Crippen LogP contribution in [-0.4, -0.2) is 43.7 Å². The summed E-state index contributed by atoms with van der Waals surface area (Å²) in [4.78, 5) is 24.2. The van der Waals surface area contributed by atoms with E-state index in [1.165, 1.54) is 12.1 Å². The van der Waals surface area contributed by atoms with Crippen molar-refractivity contribution in [1.29, 1.82) is 0 Å². The monoisotopic (exact) mass is 399 g/mol. The van der Waals surface area contributed by atoms with Gasteiger partial charge >= 0.3 is 5.97 Å². The van der Waals surface area contributed by atoms with Gasteiger partial charge in [-0.2, -0.15) is 4.89 Å². The van der Waals surface area contributed by atoms with Gasteiger partial charge in [0.1, 0.15) is 6.23 Å². The molecule has 27 heavy (non-hydrogen) atoms. The fourth-order valence-corrected chi connectivity index (χ4v) is 5.16. The summed E-state index contributed by atoms with van der Waals surface area (Å²) >= 11 is 0. The number of hydrogen-bond acceptors (Lipinski definition) is 7. The standard InChI is InChI=1S/C18H25NO7S/c1-5-23-16(20)18(26-25-17(2,3)4)13-9-6-7-10-14(13)27(21,22)19(18)15-11-8-12-24-15/h6-7,9-10,15H,5,8,11-12H2,1-4H3/t15-,18-/m0/s1. The van der Waals surface area contributed by atoms with E-state index < -0.39 is 33.5 Å². The quantitative estimate of drug-likeness (QED) is 0.426. The van der Waals surface area contributed by atoms with Gasteiger partial charge in [0, 0.05) is 12.2 Å². The highest BCUT2D eigenvalue weighted by molar-refractivity contribution is 7.89. The van der Waals surface area contributed by atoms with Crippen LogP contribution in [0.5, 0.6) is 0 Å². The van der Waals surface area contributed by atoms with Crippen LogP contribution in [0.3, 0.4) is 0 Å². The fourth-order valence-electron chi connectivity index (χ4n) is 3.20. The molecule has 0 amide bonds. The van der Waals surface area contributed by atoms with E-state index in [9.17, 15) is 13.2 Å². The van der Waals surface area contributed by atoms with Crippen molar-refractivity contribution in [2.45, 2.75) is 63.0 Å². The predicted molar refractivity (Wildman–Crippen MR) is 94.7 cm³/mol. The van der Waals surface area contributed by atoms with Crippen LogP contribution in [0.2, 0.25) is 0 Å². The van der Waals surface area contributed by atoms with E-state index in [2.05, 4.69) is 0 Å². The molecule has 1 fully saturated rings. The van der Waals surface area contributed by atoms with Gasteiger partial charge in [0.05, 0.1) is 17.1 Å². The van der Waals surface area contributed by atoms with E-state index in [-0.39, 0.29) is 17.1 Å². The number of fused-ring (bicyclic) bond motifs is 1. The molecule has 0 N–H and O–H groups in total. The molecule has 9 heteroatoms. The second-order valence-corrected chi connectivity index (χ2v) is 9.19. The van der Waals surface area contributed by atoms with Gasteiger partial charge in [0.15, 0.2) is 0 Å². The van der Waals surface area contributed by atoms with Crippen LogP contribution >= 0.6 is 0 Å². The molecule has 8 nitrogen and oxygen atoms in total. The molecule has 0 radical (unpaired) electrons. The summed E-state index contributed by atoms with van der Waals surface area (Å²) in [6, 6.07) is 6.20. The first-order chi connectivity index (χ1) is 12.6. The lowest BCUT2D eigenvalue weighted by Gasteiger charge is -2.37. The van der Waals surface area contributed by atoms with Crippen LogP contribution < -0.4 is 0 Å². The summed E-state index contributed by atoms with van der Waals surface area (Å²) in [7, 11) is -4.07. The summed E-state index contributed by atoms with van der Waals surface area (Å²) in [6.07, 6.45) is 0.259. The van der Waals surface area contributed by atoms with E-state index in [0.29, 0.717) is 19.4 Å². The molecule has 3 rings (SSSR count). The Labute approximate surface area is 159 Å². The van der Waals surface area contributed by atoms with Crippen molar-refractivity contribution < 1.29 is 32.5 Å². The molecule has 1 saturated heterocycles. The molecule has 0 unspecified atom stereocenters. The Bertz CT molecular complexity index is 811. The number of nitrogens with zero attached hydrogens (tertiary/aromatic N) is 1. The molecule has 0 spiro atoms. The highest BCUT2D eigenvalue weighted by Crippen LogP contribution is 2.49. The van der Waals surface area contributed by atoms with Gasteiger partial charge in [-0.15, -0.1) is 4.31 Å². The minimum atomic E-state index is -4.07. The highest BCUT2D eigenvalue weighted by atomic mass is 32.2. The molecule has 2 aliphatic rings. The molecule has 0 aromatic heterocycles. The number of benzene rings is 1. The first-order valence-corrected chi connectivity index (χ1v) is 10.4. The third kappa shape index (κ3) is 3.38. The highest BCUT2D eigenvalue weighted by Gasteiger charge is 2.65. The number of carbonyl (C=O) groups excluding carboxylic acids is 1. The van der Waals surface area contributed by atoms with Gasteiger partial charge in [-0.3, -0.25) is 0 Å². The lowest BCUT2D eigenvalue weighted by molar-refractivity contribution is -0.425. The lowest BCUT2D eigenvalue weighted by atomic mass is 10.0. The smallest absolute Gasteiger partial charge is 0.363 e. The molecule has 1 aromatic rings. The largest absolute Gasteiger partial charge is 0.462 e. The molecular weight excluding hydrogens is 374 g/mol. The Hall–Kier alpha value is -1.52. The SMILES string of the molecule is CCOC(=O)[C@@]1(OOC(C)(C)C)c2ccccc2S(=O)(=O)N1[C@@H]1CCCO1. The van der Waals surface area contributed by atoms with Crippen molar-refractivity contribution in [3.8, 4) is 0 Å². The average Bonchev–Trinajstić information content (AvgIpc) is 3.17. The first kappa shape index (κ1) is 20.2. The van der Waals surface area contributed by atoms with Gasteiger partial charge in [0.25, 0.3) is 5.72 Å². The van der Waals surface area contributed by atoms with E-state index in [1.54, 1.807) is 39.8 Å². The molecule has 2 aliphatic heterocycles. The normalized spacial score (nSPS) is 27.5. The number of hydrogen-bond donors (Lipinski definition) is 0. The Kier molecular flexibility index (Phi) is 5.35. The summed E-state index contributed by atoms with van der Waals surface area (Å²) in [5.74, 6) is -0.863. The number of esters is 1. The summed E-state index contributed by atoms with van der Waals surface area (Å²) in [5, 5.41) is 0. The van der Waals surface area contributed by atoms with Crippen molar-refractivity contribution in [2.75, 3.05) is 13.2 Å². The average molecular weight is 399 g/mol. The van der Waals surface area contributed by atoms with Crippen LogP contribution in [0.4, 0.5) is 0 Å². The van der Waals surface area contributed by atoms with Crippen LogP contribution in [0.15, 0.2) is 29.2 Å². The molecule has 0 bridgehead atoms. The second kappa shape index (κ2) is 7.14. The Morgan fingerprint density at radius 1 is 1.33 bits per heavy atom. The zero-order valence-corrected chi connectivity index (χ0v) is 16.7. The van der Waals surface area contributed by atoms with Crippen molar-refractivity contribution in [1.82, 2.24) is 4.31 Å². The Balaban J connectivity index is 2.22. The maximum Gasteiger partial charge on any atom is 0.363 e. The summed E-state index contributed by atoms with van der Waals surface area (Å²) < 4.78 is 38.5.